The molecule has 2 unspecified atom stereocenters. The monoisotopic (exact) mass is 293 g/mol. The van der Waals surface area contributed by atoms with Gasteiger partial charge in [0.25, 0.3) is 0 Å². The number of hydrogen-bond acceptors (Lipinski definition) is 5. The third-order valence-corrected chi connectivity index (χ3v) is 3.87. The molecule has 5 nitrogen and oxygen atoms in total. The van der Waals surface area contributed by atoms with E-state index in [0.29, 0.717) is 26.4 Å². The quantitative estimate of drug-likeness (QED) is 0.900. The van der Waals surface area contributed by atoms with Crippen molar-refractivity contribution in [2.45, 2.75) is 31.4 Å². The molecule has 1 aromatic carbocycles. The first kappa shape index (κ1) is 14.6. The lowest BCUT2D eigenvalue weighted by atomic mass is 10.1. The van der Waals surface area contributed by atoms with E-state index in [4.69, 9.17) is 24.7 Å². The standard InChI is InChI=1S/C16H23NO4/c17-14(11-18-10-13-3-1-2-6-19-13)12-4-5-15-16(9-12)21-8-7-20-15/h4-5,9,13-14H,1-3,6-8,10-11,17H2. The molecule has 2 atom stereocenters. The van der Waals surface area contributed by atoms with Gasteiger partial charge in [-0.1, -0.05) is 6.07 Å². The van der Waals surface area contributed by atoms with E-state index >= 15 is 0 Å². The smallest absolute Gasteiger partial charge is 0.161 e. The predicted molar refractivity (Wildman–Crippen MR) is 78.8 cm³/mol. The SMILES string of the molecule is NC(COCC1CCCCO1)c1ccc2c(c1)OCCO2. The summed E-state index contributed by atoms with van der Waals surface area (Å²) in [5, 5.41) is 0. The second-order valence-corrected chi connectivity index (χ2v) is 5.54. The maximum atomic E-state index is 6.18. The van der Waals surface area contributed by atoms with Crippen LogP contribution in [0.25, 0.3) is 0 Å². The van der Waals surface area contributed by atoms with Gasteiger partial charge in [0, 0.05) is 6.61 Å². The zero-order valence-electron chi connectivity index (χ0n) is 12.3. The zero-order valence-corrected chi connectivity index (χ0v) is 12.3. The minimum absolute atomic E-state index is 0.163. The van der Waals surface area contributed by atoms with Crippen LogP contribution in [0.3, 0.4) is 0 Å². The van der Waals surface area contributed by atoms with E-state index in [1.807, 2.05) is 18.2 Å². The Labute approximate surface area is 125 Å². The topological polar surface area (TPSA) is 62.9 Å². The van der Waals surface area contributed by atoms with Gasteiger partial charge in [0.1, 0.15) is 13.2 Å². The molecule has 0 saturated carbocycles. The predicted octanol–water partition coefficient (Wildman–Crippen LogP) is 2.04. The first-order valence-corrected chi connectivity index (χ1v) is 7.67. The van der Waals surface area contributed by atoms with Crippen molar-refractivity contribution < 1.29 is 18.9 Å². The van der Waals surface area contributed by atoms with Gasteiger partial charge in [0.05, 0.1) is 25.4 Å². The molecule has 116 valence electrons. The number of benzene rings is 1. The molecule has 2 N–H and O–H groups in total. The molecule has 5 heteroatoms. The van der Waals surface area contributed by atoms with E-state index in [1.165, 1.54) is 6.42 Å². The minimum atomic E-state index is -0.163. The van der Waals surface area contributed by atoms with Crippen LogP contribution in [-0.2, 0) is 9.47 Å². The number of hydrogen-bond donors (Lipinski definition) is 1. The van der Waals surface area contributed by atoms with Gasteiger partial charge >= 0.3 is 0 Å². The van der Waals surface area contributed by atoms with Gasteiger partial charge in [0.2, 0.25) is 0 Å². The van der Waals surface area contributed by atoms with Gasteiger partial charge in [-0.15, -0.1) is 0 Å². The van der Waals surface area contributed by atoms with E-state index in [1.54, 1.807) is 0 Å². The zero-order chi connectivity index (χ0) is 14.5. The first-order valence-electron chi connectivity index (χ1n) is 7.67. The van der Waals surface area contributed by atoms with E-state index < -0.39 is 0 Å². The lowest BCUT2D eigenvalue weighted by molar-refractivity contribution is -0.0428. The summed E-state index contributed by atoms with van der Waals surface area (Å²) >= 11 is 0. The van der Waals surface area contributed by atoms with Crippen molar-refractivity contribution in [3.05, 3.63) is 23.8 Å². The van der Waals surface area contributed by atoms with Crippen LogP contribution in [-0.4, -0.2) is 39.1 Å². The lowest BCUT2D eigenvalue weighted by Crippen LogP contribution is -2.27. The summed E-state index contributed by atoms with van der Waals surface area (Å²) in [6.45, 7) is 3.14. The second kappa shape index (κ2) is 7.11. The summed E-state index contributed by atoms with van der Waals surface area (Å²) in [5.41, 5.74) is 7.19. The summed E-state index contributed by atoms with van der Waals surface area (Å²) in [6, 6.07) is 5.66. The van der Waals surface area contributed by atoms with Crippen LogP contribution in [0, 0.1) is 0 Å². The first-order chi connectivity index (χ1) is 10.3. The molecule has 1 saturated heterocycles. The van der Waals surface area contributed by atoms with Crippen molar-refractivity contribution in [2.24, 2.45) is 5.73 Å². The average Bonchev–Trinajstić information content (AvgIpc) is 2.55. The Kier molecular flexibility index (Phi) is 4.95. The maximum absolute atomic E-state index is 6.18. The highest BCUT2D eigenvalue weighted by molar-refractivity contribution is 5.44. The Balaban J connectivity index is 1.49. The molecule has 1 aromatic rings. The van der Waals surface area contributed by atoms with Gasteiger partial charge < -0.3 is 24.7 Å². The largest absolute Gasteiger partial charge is 0.486 e. The fourth-order valence-corrected chi connectivity index (χ4v) is 2.65. The molecule has 2 aliphatic rings. The number of fused-ring (bicyclic) bond motifs is 1. The van der Waals surface area contributed by atoms with Gasteiger partial charge in [-0.05, 0) is 37.0 Å². The van der Waals surface area contributed by atoms with Gasteiger partial charge in [-0.25, -0.2) is 0 Å². The van der Waals surface area contributed by atoms with Crippen LogP contribution >= 0.6 is 0 Å². The molecular weight excluding hydrogens is 270 g/mol. The molecule has 2 heterocycles. The fraction of sp³-hybridized carbons (Fsp3) is 0.625. The van der Waals surface area contributed by atoms with Gasteiger partial charge in [0.15, 0.2) is 11.5 Å². The second-order valence-electron chi connectivity index (χ2n) is 5.54. The van der Waals surface area contributed by atoms with Crippen molar-refractivity contribution in [2.75, 3.05) is 33.0 Å². The van der Waals surface area contributed by atoms with E-state index in [0.717, 1.165) is 36.5 Å². The number of rotatable bonds is 5. The Morgan fingerprint density at radius 3 is 2.81 bits per heavy atom. The van der Waals surface area contributed by atoms with Crippen LogP contribution in [0.1, 0.15) is 30.9 Å². The molecule has 0 radical (unpaired) electrons. The summed E-state index contributed by atoms with van der Waals surface area (Å²) in [4.78, 5) is 0. The number of nitrogens with two attached hydrogens (primary N) is 1. The fourth-order valence-electron chi connectivity index (χ4n) is 2.65. The van der Waals surface area contributed by atoms with Gasteiger partial charge in [-0.3, -0.25) is 0 Å². The maximum Gasteiger partial charge on any atom is 0.161 e. The van der Waals surface area contributed by atoms with Gasteiger partial charge in [-0.2, -0.15) is 0 Å². The molecule has 0 aromatic heterocycles. The van der Waals surface area contributed by atoms with E-state index in [2.05, 4.69) is 0 Å². The Morgan fingerprint density at radius 2 is 2.00 bits per heavy atom. The van der Waals surface area contributed by atoms with Crippen molar-refractivity contribution in [3.63, 3.8) is 0 Å². The van der Waals surface area contributed by atoms with Crippen LogP contribution in [0.5, 0.6) is 11.5 Å². The van der Waals surface area contributed by atoms with Crippen molar-refractivity contribution >= 4 is 0 Å². The van der Waals surface area contributed by atoms with Crippen molar-refractivity contribution in [1.82, 2.24) is 0 Å². The average molecular weight is 293 g/mol. The Hall–Kier alpha value is -1.30. The third-order valence-electron chi connectivity index (χ3n) is 3.87. The molecule has 2 aliphatic heterocycles. The normalized spacial score (nSPS) is 22.8. The number of ether oxygens (including phenoxy) is 4. The summed E-state index contributed by atoms with van der Waals surface area (Å²) < 4.78 is 22.4. The molecule has 21 heavy (non-hydrogen) atoms. The molecule has 0 bridgehead atoms. The summed E-state index contributed by atoms with van der Waals surface area (Å²) in [6.07, 6.45) is 3.69. The molecule has 1 fully saturated rings. The Morgan fingerprint density at radius 1 is 1.14 bits per heavy atom. The van der Waals surface area contributed by atoms with E-state index in [9.17, 15) is 0 Å². The van der Waals surface area contributed by atoms with Crippen LogP contribution in [0.15, 0.2) is 18.2 Å². The molecule has 0 amide bonds. The highest BCUT2D eigenvalue weighted by atomic mass is 16.6. The molecule has 3 rings (SSSR count). The van der Waals surface area contributed by atoms with Crippen molar-refractivity contribution in [3.8, 4) is 11.5 Å². The van der Waals surface area contributed by atoms with Crippen LogP contribution in [0.4, 0.5) is 0 Å². The minimum Gasteiger partial charge on any atom is -0.486 e. The Bertz CT molecular complexity index is 460. The third kappa shape index (κ3) is 3.87. The highest BCUT2D eigenvalue weighted by Crippen LogP contribution is 2.32. The van der Waals surface area contributed by atoms with Crippen LogP contribution < -0.4 is 15.2 Å². The molecule has 0 spiro atoms. The molecule has 0 aliphatic carbocycles. The van der Waals surface area contributed by atoms with E-state index in [-0.39, 0.29) is 12.1 Å². The summed E-state index contributed by atoms with van der Waals surface area (Å²) in [5.74, 6) is 1.55. The van der Waals surface area contributed by atoms with Crippen LogP contribution in [0.2, 0.25) is 0 Å². The summed E-state index contributed by atoms with van der Waals surface area (Å²) in [7, 11) is 0. The lowest BCUT2D eigenvalue weighted by Gasteiger charge is -2.23. The van der Waals surface area contributed by atoms with Crippen molar-refractivity contribution in [1.29, 1.82) is 0 Å². The highest BCUT2D eigenvalue weighted by Gasteiger charge is 2.17. The molecular formula is C16H23NO4.